The van der Waals surface area contributed by atoms with Crippen molar-refractivity contribution in [3.63, 3.8) is 0 Å². The molecule has 1 amide bonds. The molecule has 2 N–H and O–H groups in total. The number of carbonyl (C=O) groups excluding carboxylic acids is 1. The first-order valence-electron chi connectivity index (χ1n) is 6.71. The van der Waals surface area contributed by atoms with Gasteiger partial charge in [0.1, 0.15) is 11.5 Å². The summed E-state index contributed by atoms with van der Waals surface area (Å²) in [6.07, 6.45) is 0. The van der Waals surface area contributed by atoms with Crippen LogP contribution in [-0.2, 0) is 0 Å². The van der Waals surface area contributed by atoms with E-state index in [0.29, 0.717) is 28.0 Å². The van der Waals surface area contributed by atoms with Crippen molar-refractivity contribution in [3.05, 3.63) is 46.8 Å². The van der Waals surface area contributed by atoms with Gasteiger partial charge in [-0.3, -0.25) is 9.89 Å². The molecule has 23 heavy (non-hydrogen) atoms. The summed E-state index contributed by atoms with van der Waals surface area (Å²) in [4.78, 5) is 12.0. The highest BCUT2D eigenvalue weighted by atomic mass is 35.5. The summed E-state index contributed by atoms with van der Waals surface area (Å²) >= 11 is 6.02. The Morgan fingerprint density at radius 3 is 2.87 bits per heavy atom. The van der Waals surface area contributed by atoms with Crippen molar-refractivity contribution in [2.75, 3.05) is 12.4 Å². The average molecular weight is 333 g/mol. The molecule has 8 heteroatoms. The fourth-order valence-corrected chi connectivity index (χ4v) is 2.24. The minimum Gasteiger partial charge on any atom is -0.496 e. The lowest BCUT2D eigenvalue weighted by atomic mass is 10.1. The van der Waals surface area contributed by atoms with E-state index in [4.69, 9.17) is 20.9 Å². The molecule has 0 aliphatic carbocycles. The topological polar surface area (TPSA) is 93.0 Å². The first-order valence-corrected chi connectivity index (χ1v) is 7.08. The highest BCUT2D eigenvalue weighted by molar-refractivity contribution is 6.31. The number of aryl methyl sites for hydroxylation is 1. The van der Waals surface area contributed by atoms with E-state index in [1.807, 2.05) is 0 Å². The van der Waals surface area contributed by atoms with Crippen LogP contribution in [-0.4, -0.2) is 28.4 Å². The Labute approximate surface area is 136 Å². The number of halogens is 1. The number of aromatic nitrogens is 3. The molecule has 0 saturated heterocycles. The molecule has 1 aromatic carbocycles. The van der Waals surface area contributed by atoms with Crippen molar-refractivity contribution in [2.24, 2.45) is 0 Å². The predicted molar refractivity (Wildman–Crippen MR) is 84.8 cm³/mol. The number of hydrogen-bond donors (Lipinski definition) is 2. The van der Waals surface area contributed by atoms with Gasteiger partial charge in [-0.1, -0.05) is 16.8 Å². The Morgan fingerprint density at radius 2 is 2.17 bits per heavy atom. The largest absolute Gasteiger partial charge is 0.496 e. The summed E-state index contributed by atoms with van der Waals surface area (Å²) in [6, 6.07) is 8.47. The van der Waals surface area contributed by atoms with Crippen molar-refractivity contribution < 1.29 is 14.1 Å². The summed E-state index contributed by atoms with van der Waals surface area (Å²) in [5, 5.41) is 13.8. The number of benzene rings is 1. The van der Waals surface area contributed by atoms with Gasteiger partial charge < -0.3 is 14.6 Å². The van der Waals surface area contributed by atoms with Crippen LogP contribution in [0, 0.1) is 6.92 Å². The van der Waals surface area contributed by atoms with Crippen LogP contribution in [0.15, 0.2) is 34.9 Å². The third kappa shape index (κ3) is 3.19. The van der Waals surface area contributed by atoms with Crippen LogP contribution in [0.2, 0.25) is 5.02 Å². The second kappa shape index (κ2) is 6.13. The maximum atomic E-state index is 12.0. The quantitative estimate of drug-likeness (QED) is 0.764. The molecule has 0 unspecified atom stereocenters. The van der Waals surface area contributed by atoms with E-state index in [-0.39, 0.29) is 5.69 Å². The van der Waals surface area contributed by atoms with Gasteiger partial charge in [0, 0.05) is 22.7 Å². The van der Waals surface area contributed by atoms with Crippen molar-refractivity contribution in [1.82, 2.24) is 15.4 Å². The van der Waals surface area contributed by atoms with Gasteiger partial charge in [-0.2, -0.15) is 5.10 Å². The monoisotopic (exact) mass is 332 g/mol. The number of H-pyrrole nitrogens is 1. The Bertz CT molecular complexity index is 856. The van der Waals surface area contributed by atoms with Gasteiger partial charge in [0.15, 0.2) is 11.5 Å². The number of hydrogen-bond acceptors (Lipinski definition) is 5. The molecular formula is C15H13ClN4O3. The lowest BCUT2D eigenvalue weighted by Gasteiger charge is -2.06. The SMILES string of the molecule is COc1ccc(Cl)cc1-c1cc(NC(=O)c2cc(C)on2)n[nH]1. The molecule has 2 heterocycles. The van der Waals surface area contributed by atoms with Gasteiger partial charge in [0.2, 0.25) is 0 Å². The van der Waals surface area contributed by atoms with E-state index in [1.54, 1.807) is 44.4 Å². The van der Waals surface area contributed by atoms with Crippen molar-refractivity contribution in [2.45, 2.75) is 6.92 Å². The molecule has 0 spiro atoms. The number of nitrogens with one attached hydrogen (secondary N) is 2. The Morgan fingerprint density at radius 1 is 1.35 bits per heavy atom. The molecule has 0 aliphatic rings. The van der Waals surface area contributed by atoms with E-state index in [2.05, 4.69) is 20.7 Å². The minimum atomic E-state index is -0.405. The summed E-state index contributed by atoms with van der Waals surface area (Å²) in [6.45, 7) is 1.71. The van der Waals surface area contributed by atoms with E-state index >= 15 is 0 Å². The Hall–Kier alpha value is -2.80. The molecule has 118 valence electrons. The minimum absolute atomic E-state index is 0.187. The maximum Gasteiger partial charge on any atom is 0.279 e. The highest BCUT2D eigenvalue weighted by Gasteiger charge is 2.14. The standard InChI is InChI=1S/C15H13ClN4O3/c1-8-5-12(20-23-8)15(21)17-14-7-11(18-19-14)10-6-9(16)3-4-13(10)22-2/h3-7H,1-2H3,(H2,17,18,19,21). The number of carbonyl (C=O) groups is 1. The van der Waals surface area contributed by atoms with Gasteiger partial charge in [-0.15, -0.1) is 0 Å². The summed E-state index contributed by atoms with van der Waals surface area (Å²) in [5.41, 5.74) is 1.59. The zero-order chi connectivity index (χ0) is 16.4. The molecule has 0 bridgehead atoms. The Kier molecular flexibility index (Phi) is 4.03. The van der Waals surface area contributed by atoms with Crippen LogP contribution in [0.5, 0.6) is 5.75 Å². The molecule has 0 fully saturated rings. The fraction of sp³-hybridized carbons (Fsp3) is 0.133. The fourth-order valence-electron chi connectivity index (χ4n) is 2.07. The maximum absolute atomic E-state index is 12.0. The molecule has 3 aromatic rings. The lowest BCUT2D eigenvalue weighted by Crippen LogP contribution is -2.12. The van der Waals surface area contributed by atoms with Crippen LogP contribution in [0.25, 0.3) is 11.3 Å². The van der Waals surface area contributed by atoms with Gasteiger partial charge in [0.25, 0.3) is 5.91 Å². The molecule has 2 aromatic heterocycles. The van der Waals surface area contributed by atoms with Crippen LogP contribution < -0.4 is 10.1 Å². The lowest BCUT2D eigenvalue weighted by molar-refractivity contribution is 0.101. The van der Waals surface area contributed by atoms with Crippen molar-refractivity contribution in [1.29, 1.82) is 0 Å². The summed E-state index contributed by atoms with van der Waals surface area (Å²) in [7, 11) is 1.57. The number of anilines is 1. The third-order valence-electron chi connectivity index (χ3n) is 3.13. The smallest absolute Gasteiger partial charge is 0.279 e. The van der Waals surface area contributed by atoms with Gasteiger partial charge >= 0.3 is 0 Å². The second-order valence-corrected chi connectivity index (χ2v) is 5.22. The van der Waals surface area contributed by atoms with Crippen molar-refractivity contribution in [3.8, 4) is 17.0 Å². The number of aromatic amines is 1. The van der Waals surface area contributed by atoms with Crippen LogP contribution in [0.4, 0.5) is 5.82 Å². The second-order valence-electron chi connectivity index (χ2n) is 4.79. The third-order valence-corrected chi connectivity index (χ3v) is 3.37. The van der Waals surface area contributed by atoms with Crippen LogP contribution >= 0.6 is 11.6 Å². The highest BCUT2D eigenvalue weighted by Crippen LogP contribution is 2.32. The van der Waals surface area contributed by atoms with E-state index in [9.17, 15) is 4.79 Å². The number of ether oxygens (including phenoxy) is 1. The summed E-state index contributed by atoms with van der Waals surface area (Å²) < 4.78 is 10.2. The first kappa shape index (κ1) is 15.1. The molecule has 0 saturated carbocycles. The first-order chi connectivity index (χ1) is 11.1. The molecule has 7 nitrogen and oxygen atoms in total. The van der Waals surface area contributed by atoms with Gasteiger partial charge in [-0.05, 0) is 25.1 Å². The van der Waals surface area contributed by atoms with Gasteiger partial charge in [-0.25, -0.2) is 0 Å². The number of methoxy groups -OCH3 is 1. The predicted octanol–water partition coefficient (Wildman–Crippen LogP) is 3.29. The van der Waals surface area contributed by atoms with E-state index in [0.717, 1.165) is 5.56 Å². The average Bonchev–Trinajstić information content (AvgIpc) is 3.16. The van der Waals surface area contributed by atoms with Crippen LogP contribution in [0.1, 0.15) is 16.2 Å². The summed E-state index contributed by atoms with van der Waals surface area (Å²) in [5.74, 6) is 1.15. The normalized spacial score (nSPS) is 10.6. The Balaban J connectivity index is 1.83. The molecular weight excluding hydrogens is 320 g/mol. The molecule has 0 radical (unpaired) electrons. The number of nitrogens with zero attached hydrogens (tertiary/aromatic N) is 2. The van der Waals surface area contributed by atoms with E-state index in [1.165, 1.54) is 0 Å². The molecule has 0 atom stereocenters. The zero-order valence-electron chi connectivity index (χ0n) is 12.4. The number of rotatable bonds is 4. The zero-order valence-corrected chi connectivity index (χ0v) is 13.1. The van der Waals surface area contributed by atoms with Crippen molar-refractivity contribution >= 4 is 23.3 Å². The van der Waals surface area contributed by atoms with Gasteiger partial charge in [0.05, 0.1) is 12.8 Å². The number of amides is 1. The van der Waals surface area contributed by atoms with E-state index < -0.39 is 5.91 Å². The van der Waals surface area contributed by atoms with Crippen LogP contribution in [0.3, 0.4) is 0 Å². The molecule has 0 aliphatic heterocycles. The molecule has 3 rings (SSSR count).